The number of aromatic nitrogens is 1. The molecule has 1 aromatic carbocycles. The van der Waals surface area contributed by atoms with E-state index in [0.29, 0.717) is 18.2 Å². The van der Waals surface area contributed by atoms with Gasteiger partial charge in [-0.25, -0.2) is 4.98 Å². The maximum absolute atomic E-state index is 12.9. The molecule has 2 aliphatic rings. The average molecular weight is 396 g/mol. The van der Waals surface area contributed by atoms with Gasteiger partial charge in [-0.1, -0.05) is 26.8 Å². The van der Waals surface area contributed by atoms with Crippen LogP contribution in [0.15, 0.2) is 18.2 Å². The van der Waals surface area contributed by atoms with Crippen molar-refractivity contribution in [3.63, 3.8) is 0 Å². The van der Waals surface area contributed by atoms with E-state index in [0.717, 1.165) is 24.0 Å². The van der Waals surface area contributed by atoms with Gasteiger partial charge in [-0.15, -0.1) is 0 Å². The average Bonchev–Trinajstić information content (AvgIpc) is 3.42. The molecule has 1 aliphatic carbocycles. The van der Waals surface area contributed by atoms with Crippen LogP contribution in [-0.4, -0.2) is 43.2 Å². The van der Waals surface area contributed by atoms with Gasteiger partial charge in [-0.3, -0.25) is 4.79 Å². The van der Waals surface area contributed by atoms with Crippen molar-refractivity contribution in [2.24, 2.45) is 0 Å². The van der Waals surface area contributed by atoms with Crippen LogP contribution >= 0.6 is 0 Å². The van der Waals surface area contributed by atoms with Crippen LogP contribution in [0.1, 0.15) is 73.1 Å². The van der Waals surface area contributed by atoms with Gasteiger partial charge in [-0.2, -0.15) is 0 Å². The molecule has 0 radical (unpaired) electrons. The number of methoxy groups -OCH3 is 1. The molecule has 2 aromatic rings. The van der Waals surface area contributed by atoms with Crippen LogP contribution in [0.2, 0.25) is 0 Å². The highest BCUT2D eigenvalue weighted by atomic mass is 16.5. The molecule has 29 heavy (non-hydrogen) atoms. The Morgan fingerprint density at radius 2 is 2.03 bits per heavy atom. The predicted octanol–water partition coefficient (Wildman–Crippen LogP) is 3.82. The second-order valence-electron chi connectivity index (χ2n) is 9.72. The summed E-state index contributed by atoms with van der Waals surface area (Å²) in [6.45, 7) is 10.2. The lowest BCUT2D eigenvalue weighted by Gasteiger charge is -2.23. The molecule has 2 N–H and O–H groups in total. The Labute approximate surface area is 173 Å². The Kier molecular flexibility index (Phi) is 5.38. The van der Waals surface area contributed by atoms with Gasteiger partial charge >= 0.3 is 0 Å². The fraction of sp³-hybridized carbons (Fsp3) is 0.583. The van der Waals surface area contributed by atoms with Crippen LogP contribution < -0.4 is 10.6 Å². The van der Waals surface area contributed by atoms with E-state index in [-0.39, 0.29) is 23.5 Å². The zero-order valence-corrected chi connectivity index (χ0v) is 18.3. The van der Waals surface area contributed by atoms with Crippen molar-refractivity contribution in [1.29, 1.82) is 0 Å². The zero-order valence-electron chi connectivity index (χ0n) is 18.3. The van der Waals surface area contributed by atoms with Gasteiger partial charge in [0.05, 0.1) is 11.6 Å². The standard InChI is InChI=1S/C24H33N3O2/c1-14-8-21(23(28)26-12-17-11-18(29-5)13-25-17)27-22-19(14)9-16(15-6-7-15)10-20(22)24(2,3)4/h8-10,15,17-18,25H,6-7,11-13H2,1-5H3,(H,26,28)/t17-,18+/m0/s1. The molecule has 2 atom stereocenters. The van der Waals surface area contributed by atoms with Crippen molar-refractivity contribution in [3.05, 3.63) is 40.6 Å². The molecule has 4 rings (SSSR count). The van der Waals surface area contributed by atoms with Crippen molar-refractivity contribution >= 4 is 16.8 Å². The van der Waals surface area contributed by atoms with Gasteiger partial charge < -0.3 is 15.4 Å². The molecule has 1 aromatic heterocycles. The molecule has 1 amide bonds. The van der Waals surface area contributed by atoms with E-state index in [1.807, 2.05) is 6.07 Å². The number of benzene rings is 1. The van der Waals surface area contributed by atoms with E-state index in [1.54, 1.807) is 7.11 Å². The summed E-state index contributed by atoms with van der Waals surface area (Å²) in [4.78, 5) is 17.7. The van der Waals surface area contributed by atoms with Crippen molar-refractivity contribution in [3.8, 4) is 0 Å². The summed E-state index contributed by atoms with van der Waals surface area (Å²) >= 11 is 0. The molecule has 0 spiro atoms. The van der Waals surface area contributed by atoms with E-state index in [4.69, 9.17) is 9.72 Å². The summed E-state index contributed by atoms with van der Waals surface area (Å²) in [5, 5.41) is 7.63. The second kappa shape index (κ2) is 7.69. The summed E-state index contributed by atoms with van der Waals surface area (Å²) in [5.74, 6) is 0.585. The van der Waals surface area contributed by atoms with Crippen molar-refractivity contribution in [2.45, 2.75) is 70.4 Å². The molecule has 1 saturated heterocycles. The molecule has 2 heterocycles. The number of hydrogen-bond donors (Lipinski definition) is 2. The van der Waals surface area contributed by atoms with Crippen LogP contribution in [0, 0.1) is 6.92 Å². The number of carbonyl (C=O) groups is 1. The molecular formula is C24H33N3O2. The Hall–Kier alpha value is -1.98. The van der Waals surface area contributed by atoms with Gasteiger partial charge in [-0.05, 0) is 66.3 Å². The van der Waals surface area contributed by atoms with Gasteiger partial charge in [0.15, 0.2) is 0 Å². The third kappa shape index (κ3) is 4.31. The first-order chi connectivity index (χ1) is 13.8. The third-order valence-electron chi connectivity index (χ3n) is 6.26. The molecule has 1 saturated carbocycles. The Morgan fingerprint density at radius 1 is 1.28 bits per heavy atom. The number of carbonyl (C=O) groups excluding carboxylic acids is 1. The summed E-state index contributed by atoms with van der Waals surface area (Å²) in [6.07, 6.45) is 3.70. The molecular weight excluding hydrogens is 362 g/mol. The highest BCUT2D eigenvalue weighted by molar-refractivity contribution is 5.97. The maximum atomic E-state index is 12.9. The molecule has 2 fully saturated rings. The quantitative estimate of drug-likeness (QED) is 0.808. The minimum absolute atomic E-state index is 0.0272. The second-order valence-corrected chi connectivity index (χ2v) is 9.72. The molecule has 1 aliphatic heterocycles. The number of rotatable bonds is 5. The zero-order chi connectivity index (χ0) is 20.8. The first kappa shape index (κ1) is 20.3. The number of pyridine rings is 1. The molecule has 156 valence electrons. The van der Waals surface area contributed by atoms with Gasteiger partial charge in [0.2, 0.25) is 0 Å². The monoisotopic (exact) mass is 395 g/mol. The number of aryl methyl sites for hydroxylation is 1. The summed E-state index contributed by atoms with van der Waals surface area (Å²) in [6, 6.07) is 6.79. The topological polar surface area (TPSA) is 63.2 Å². The number of nitrogens with zero attached hydrogens (tertiary/aromatic N) is 1. The van der Waals surface area contributed by atoms with E-state index in [1.165, 1.54) is 29.4 Å². The maximum Gasteiger partial charge on any atom is 0.269 e. The van der Waals surface area contributed by atoms with Crippen LogP contribution in [0.25, 0.3) is 10.9 Å². The van der Waals surface area contributed by atoms with Crippen LogP contribution in [0.3, 0.4) is 0 Å². The van der Waals surface area contributed by atoms with Gasteiger partial charge in [0.1, 0.15) is 5.69 Å². The summed E-state index contributed by atoms with van der Waals surface area (Å²) in [5.41, 5.74) is 5.21. The summed E-state index contributed by atoms with van der Waals surface area (Å²) in [7, 11) is 1.73. The van der Waals surface area contributed by atoms with Crippen molar-refractivity contribution in [1.82, 2.24) is 15.6 Å². The highest BCUT2D eigenvalue weighted by Gasteiger charge is 2.28. The smallest absolute Gasteiger partial charge is 0.269 e. The first-order valence-corrected chi connectivity index (χ1v) is 10.8. The minimum atomic E-state index is -0.108. The fourth-order valence-corrected chi connectivity index (χ4v) is 4.28. The number of fused-ring (bicyclic) bond motifs is 1. The van der Waals surface area contributed by atoms with E-state index in [9.17, 15) is 4.79 Å². The highest BCUT2D eigenvalue weighted by Crippen LogP contribution is 2.43. The lowest BCUT2D eigenvalue weighted by atomic mass is 9.83. The van der Waals surface area contributed by atoms with Crippen LogP contribution in [0.5, 0.6) is 0 Å². The van der Waals surface area contributed by atoms with E-state index >= 15 is 0 Å². The Morgan fingerprint density at radius 3 is 2.66 bits per heavy atom. The minimum Gasteiger partial charge on any atom is -0.380 e. The van der Waals surface area contributed by atoms with Crippen LogP contribution in [-0.2, 0) is 10.2 Å². The number of nitrogens with one attached hydrogen (secondary N) is 2. The third-order valence-corrected chi connectivity index (χ3v) is 6.26. The number of amides is 1. The number of hydrogen-bond acceptors (Lipinski definition) is 4. The van der Waals surface area contributed by atoms with E-state index in [2.05, 4.69) is 50.5 Å². The predicted molar refractivity (Wildman–Crippen MR) is 117 cm³/mol. The van der Waals surface area contributed by atoms with Crippen LogP contribution in [0.4, 0.5) is 0 Å². The largest absolute Gasteiger partial charge is 0.380 e. The Balaban J connectivity index is 1.62. The molecule has 5 heteroatoms. The molecule has 0 unspecified atom stereocenters. The molecule has 5 nitrogen and oxygen atoms in total. The molecule has 0 bridgehead atoms. The first-order valence-electron chi connectivity index (χ1n) is 10.8. The Bertz CT molecular complexity index is 928. The van der Waals surface area contributed by atoms with Gasteiger partial charge in [0.25, 0.3) is 5.91 Å². The lowest BCUT2D eigenvalue weighted by molar-refractivity contribution is 0.0941. The van der Waals surface area contributed by atoms with E-state index < -0.39 is 0 Å². The SMILES string of the molecule is CO[C@H]1CN[C@H](CNC(=O)c2cc(C)c3cc(C4CC4)cc(C(C)(C)C)c3n2)C1. The van der Waals surface area contributed by atoms with Crippen molar-refractivity contribution in [2.75, 3.05) is 20.2 Å². The lowest BCUT2D eigenvalue weighted by Crippen LogP contribution is -2.37. The van der Waals surface area contributed by atoms with Gasteiger partial charge in [0, 0.05) is 31.6 Å². The normalized spacial score (nSPS) is 22.2. The number of ether oxygens (including phenoxy) is 1. The van der Waals surface area contributed by atoms with Crippen molar-refractivity contribution < 1.29 is 9.53 Å². The fourth-order valence-electron chi connectivity index (χ4n) is 4.28. The summed E-state index contributed by atoms with van der Waals surface area (Å²) < 4.78 is 5.39.